The van der Waals surface area contributed by atoms with Gasteiger partial charge in [-0.25, -0.2) is 15.0 Å². The lowest BCUT2D eigenvalue weighted by atomic mass is 9.86. The summed E-state index contributed by atoms with van der Waals surface area (Å²) in [6.45, 7) is 15.3. The number of phenolic OH excluding ortho intramolecular Hbond substituents is 2. The van der Waals surface area contributed by atoms with Gasteiger partial charge in [0, 0.05) is 17.2 Å². The van der Waals surface area contributed by atoms with Crippen molar-refractivity contribution in [2.45, 2.75) is 91.4 Å². The Labute approximate surface area is 239 Å². The molecule has 0 aliphatic heterocycles. The van der Waals surface area contributed by atoms with Crippen molar-refractivity contribution in [1.82, 2.24) is 15.0 Å². The van der Waals surface area contributed by atoms with E-state index in [9.17, 15) is 10.2 Å². The van der Waals surface area contributed by atoms with E-state index < -0.39 is 0 Å². The van der Waals surface area contributed by atoms with Crippen LogP contribution in [0.1, 0.15) is 90.8 Å². The van der Waals surface area contributed by atoms with Crippen molar-refractivity contribution in [3.63, 3.8) is 0 Å². The number of hydrogen-bond acceptors (Lipinski definition) is 5. The van der Waals surface area contributed by atoms with Crippen molar-refractivity contribution in [3.8, 4) is 45.7 Å². The van der Waals surface area contributed by atoms with Crippen LogP contribution in [-0.4, -0.2) is 25.2 Å². The molecule has 4 rings (SSSR count). The van der Waals surface area contributed by atoms with E-state index in [1.54, 1.807) is 0 Å². The van der Waals surface area contributed by atoms with E-state index in [1.165, 1.54) is 17.2 Å². The monoisotopic (exact) mass is 537 g/mol. The molecular formula is C35H43N3O2. The van der Waals surface area contributed by atoms with Gasteiger partial charge in [0.05, 0.1) is 5.56 Å². The number of benzene rings is 3. The Balaban J connectivity index is 1.83. The van der Waals surface area contributed by atoms with Gasteiger partial charge in [0.25, 0.3) is 0 Å². The number of nitrogens with zero attached hydrogens (tertiary/aromatic N) is 3. The number of hydrogen-bond donors (Lipinski definition) is 2. The van der Waals surface area contributed by atoms with E-state index in [-0.39, 0.29) is 22.3 Å². The summed E-state index contributed by atoms with van der Waals surface area (Å²) in [5.74, 6) is 1.51. The van der Waals surface area contributed by atoms with Crippen LogP contribution in [0.5, 0.6) is 11.5 Å². The summed E-state index contributed by atoms with van der Waals surface area (Å²) in [6.07, 6.45) is 5.11. The Bertz CT molecular complexity index is 1370. The second kappa shape index (κ2) is 11.8. The predicted octanol–water partition coefficient (Wildman–Crippen LogP) is 9.00. The van der Waals surface area contributed by atoms with Crippen molar-refractivity contribution in [3.05, 3.63) is 77.4 Å². The molecule has 4 aromatic rings. The second-order valence-electron chi connectivity index (χ2n) is 12.8. The lowest BCUT2D eigenvalue weighted by Gasteiger charge is -2.19. The molecule has 2 N–H and O–H groups in total. The van der Waals surface area contributed by atoms with E-state index in [2.05, 4.69) is 72.7 Å². The first-order valence-corrected chi connectivity index (χ1v) is 14.4. The summed E-state index contributed by atoms with van der Waals surface area (Å²) in [6, 6.07) is 19.9. The van der Waals surface area contributed by atoms with Gasteiger partial charge in [-0.15, -0.1) is 0 Å². The molecule has 3 aromatic carbocycles. The highest BCUT2D eigenvalue weighted by Crippen LogP contribution is 2.36. The summed E-state index contributed by atoms with van der Waals surface area (Å²) in [7, 11) is 0. The predicted molar refractivity (Wildman–Crippen MR) is 165 cm³/mol. The maximum atomic E-state index is 10.9. The molecular weight excluding hydrogens is 494 g/mol. The van der Waals surface area contributed by atoms with Crippen molar-refractivity contribution >= 4 is 0 Å². The molecule has 0 saturated heterocycles. The van der Waals surface area contributed by atoms with E-state index in [4.69, 9.17) is 15.0 Å². The Hall–Kier alpha value is -3.73. The van der Waals surface area contributed by atoms with Crippen LogP contribution < -0.4 is 0 Å². The molecule has 0 aliphatic carbocycles. The molecule has 0 radical (unpaired) electrons. The molecule has 0 aliphatic rings. The fourth-order valence-electron chi connectivity index (χ4n) is 4.74. The maximum Gasteiger partial charge on any atom is 0.167 e. The minimum atomic E-state index is -0.0518. The first kappa shape index (κ1) is 29.3. The molecule has 40 heavy (non-hydrogen) atoms. The third-order valence-electron chi connectivity index (χ3n) is 7.39. The lowest BCUT2D eigenvalue weighted by molar-refractivity contribution is 0.446. The number of rotatable bonds is 8. The number of phenols is 2. The zero-order valence-electron chi connectivity index (χ0n) is 25.0. The standard InChI is InChI=1S/C35H43N3O2/c1-8-9-10-11-12-25-21-28(30(40)22-29(25)39)33-37-31(23-13-17-26(18-14-23)34(2,3)4)36-32(38-33)24-15-19-27(20-16-24)35(5,6)7/h13-22,39-40H,8-12H2,1-7H3. The molecule has 0 spiro atoms. The molecule has 0 bridgehead atoms. The summed E-state index contributed by atoms with van der Waals surface area (Å²) < 4.78 is 0. The Kier molecular flexibility index (Phi) is 8.62. The van der Waals surface area contributed by atoms with Crippen LogP contribution in [0.15, 0.2) is 60.7 Å². The molecule has 210 valence electrons. The van der Waals surface area contributed by atoms with Crippen LogP contribution in [0, 0.1) is 0 Å². The Morgan fingerprint density at radius 2 is 1.05 bits per heavy atom. The highest BCUT2D eigenvalue weighted by atomic mass is 16.3. The van der Waals surface area contributed by atoms with E-state index in [0.717, 1.165) is 48.8 Å². The van der Waals surface area contributed by atoms with Crippen LogP contribution in [0.3, 0.4) is 0 Å². The maximum absolute atomic E-state index is 10.9. The first-order valence-electron chi connectivity index (χ1n) is 14.4. The van der Waals surface area contributed by atoms with Crippen LogP contribution in [0.4, 0.5) is 0 Å². The second-order valence-corrected chi connectivity index (χ2v) is 12.8. The van der Waals surface area contributed by atoms with E-state index in [1.807, 2.05) is 30.3 Å². The zero-order valence-corrected chi connectivity index (χ0v) is 25.0. The van der Waals surface area contributed by atoms with Crippen LogP contribution in [0.25, 0.3) is 34.2 Å². The summed E-state index contributed by atoms with van der Waals surface area (Å²) in [4.78, 5) is 14.5. The van der Waals surface area contributed by atoms with Crippen LogP contribution >= 0.6 is 0 Å². The minimum Gasteiger partial charge on any atom is -0.508 e. The van der Waals surface area contributed by atoms with Gasteiger partial charge in [-0.1, -0.05) is 116 Å². The van der Waals surface area contributed by atoms with Gasteiger partial charge in [0.1, 0.15) is 11.5 Å². The number of aryl methyl sites for hydroxylation is 1. The fraction of sp³-hybridized carbons (Fsp3) is 0.400. The smallest absolute Gasteiger partial charge is 0.167 e. The molecule has 0 fully saturated rings. The van der Waals surface area contributed by atoms with Gasteiger partial charge in [0.15, 0.2) is 17.5 Å². The average Bonchev–Trinajstić information content (AvgIpc) is 2.91. The molecule has 0 saturated carbocycles. The van der Waals surface area contributed by atoms with Gasteiger partial charge in [-0.05, 0) is 46.4 Å². The Morgan fingerprint density at radius 3 is 1.50 bits per heavy atom. The van der Waals surface area contributed by atoms with Crippen molar-refractivity contribution < 1.29 is 10.2 Å². The largest absolute Gasteiger partial charge is 0.508 e. The van der Waals surface area contributed by atoms with Crippen molar-refractivity contribution in [2.24, 2.45) is 0 Å². The summed E-state index contributed by atoms with van der Waals surface area (Å²) >= 11 is 0. The van der Waals surface area contributed by atoms with Crippen LogP contribution in [0.2, 0.25) is 0 Å². The van der Waals surface area contributed by atoms with Gasteiger partial charge in [-0.2, -0.15) is 0 Å². The molecule has 5 heteroatoms. The zero-order chi connectivity index (χ0) is 29.1. The highest BCUT2D eigenvalue weighted by molar-refractivity contribution is 5.71. The molecule has 1 aromatic heterocycles. The normalized spacial score (nSPS) is 12.1. The lowest BCUT2D eigenvalue weighted by Crippen LogP contribution is -2.11. The molecule has 0 atom stereocenters. The van der Waals surface area contributed by atoms with Gasteiger partial charge in [-0.3, -0.25) is 0 Å². The molecule has 5 nitrogen and oxygen atoms in total. The van der Waals surface area contributed by atoms with Gasteiger partial charge in [0.2, 0.25) is 0 Å². The van der Waals surface area contributed by atoms with Crippen LogP contribution in [-0.2, 0) is 17.3 Å². The van der Waals surface area contributed by atoms with Gasteiger partial charge < -0.3 is 10.2 Å². The van der Waals surface area contributed by atoms with E-state index >= 15 is 0 Å². The van der Waals surface area contributed by atoms with Crippen molar-refractivity contribution in [1.29, 1.82) is 0 Å². The third kappa shape index (κ3) is 6.88. The quantitative estimate of drug-likeness (QED) is 0.219. The molecule has 1 heterocycles. The SMILES string of the molecule is CCCCCCc1cc(-c2nc(-c3ccc(C(C)(C)C)cc3)nc(-c3ccc(C(C)(C)C)cc3)n2)c(O)cc1O. The first-order chi connectivity index (χ1) is 18.9. The minimum absolute atomic E-state index is 0.0358. The number of aromatic nitrogens is 3. The summed E-state index contributed by atoms with van der Waals surface area (Å²) in [5.41, 5.74) is 5.56. The number of unbranched alkanes of at least 4 members (excludes halogenated alkanes) is 3. The summed E-state index contributed by atoms with van der Waals surface area (Å²) in [5, 5.41) is 21.4. The third-order valence-corrected chi connectivity index (χ3v) is 7.39. The number of aromatic hydroxyl groups is 2. The molecule has 0 unspecified atom stereocenters. The van der Waals surface area contributed by atoms with E-state index in [0.29, 0.717) is 23.0 Å². The average molecular weight is 538 g/mol. The molecule has 0 amide bonds. The fourth-order valence-corrected chi connectivity index (χ4v) is 4.74. The topological polar surface area (TPSA) is 79.1 Å². The Morgan fingerprint density at radius 1 is 0.575 bits per heavy atom. The van der Waals surface area contributed by atoms with Crippen molar-refractivity contribution in [2.75, 3.05) is 0 Å². The van der Waals surface area contributed by atoms with Gasteiger partial charge >= 0.3 is 0 Å². The highest BCUT2D eigenvalue weighted by Gasteiger charge is 2.19.